The minimum Gasteiger partial charge on any atom is -0.306 e. The van der Waals surface area contributed by atoms with Crippen LogP contribution in [0.4, 0.5) is 4.39 Å². The Kier molecular flexibility index (Phi) is 5.15. The molecule has 0 saturated carbocycles. The van der Waals surface area contributed by atoms with Gasteiger partial charge in [-0.05, 0) is 25.1 Å². The molecule has 1 unspecified atom stereocenters. The molecule has 0 aliphatic carbocycles. The van der Waals surface area contributed by atoms with Gasteiger partial charge in [0.1, 0.15) is 5.82 Å². The number of aryl methyl sites for hydroxylation is 1. The molecule has 108 valence electrons. The summed E-state index contributed by atoms with van der Waals surface area (Å²) in [6, 6.07) is 4.48. The third-order valence-electron chi connectivity index (χ3n) is 3.14. The fraction of sp³-hybridized carbons (Fsp3) is 0.400. The predicted octanol–water partition coefficient (Wildman–Crippen LogP) is 3.78. The second-order valence-corrected chi connectivity index (χ2v) is 5.07. The monoisotopic (exact) mass is 295 g/mol. The number of benzene rings is 1. The van der Waals surface area contributed by atoms with Crippen LogP contribution in [0, 0.1) is 5.82 Å². The lowest BCUT2D eigenvalue weighted by Crippen LogP contribution is -2.23. The van der Waals surface area contributed by atoms with Crippen molar-refractivity contribution in [1.29, 1.82) is 0 Å². The Balaban J connectivity index is 2.39. The first-order chi connectivity index (χ1) is 9.67. The van der Waals surface area contributed by atoms with Crippen molar-refractivity contribution < 1.29 is 4.39 Å². The van der Waals surface area contributed by atoms with Crippen LogP contribution in [0.2, 0.25) is 5.02 Å². The number of aromatic nitrogens is 2. The first kappa shape index (κ1) is 15.0. The van der Waals surface area contributed by atoms with E-state index in [4.69, 9.17) is 11.6 Å². The number of halogens is 2. The second-order valence-electron chi connectivity index (χ2n) is 4.66. The number of hydrogen-bond donors (Lipinski definition) is 1. The topological polar surface area (TPSA) is 29.9 Å². The maximum Gasteiger partial charge on any atom is 0.129 e. The Morgan fingerprint density at radius 2 is 2.20 bits per heavy atom. The summed E-state index contributed by atoms with van der Waals surface area (Å²) >= 11 is 6.17. The summed E-state index contributed by atoms with van der Waals surface area (Å²) in [5, 5.41) is 8.01. The molecule has 20 heavy (non-hydrogen) atoms. The normalized spacial score (nSPS) is 12.6. The molecule has 0 fully saturated rings. The highest BCUT2D eigenvalue weighted by molar-refractivity contribution is 6.31. The molecule has 0 aliphatic heterocycles. The Bertz CT molecular complexity index is 548. The average Bonchev–Trinajstić information content (AvgIpc) is 2.86. The van der Waals surface area contributed by atoms with Crippen LogP contribution < -0.4 is 5.32 Å². The molecule has 0 radical (unpaired) electrons. The van der Waals surface area contributed by atoms with Crippen LogP contribution >= 0.6 is 11.6 Å². The minimum atomic E-state index is -0.299. The minimum absolute atomic E-state index is 0.278. The molecular formula is C15H19ClFN3. The lowest BCUT2D eigenvalue weighted by Gasteiger charge is -2.19. The van der Waals surface area contributed by atoms with Crippen molar-refractivity contribution >= 4 is 11.6 Å². The van der Waals surface area contributed by atoms with E-state index in [0.717, 1.165) is 18.5 Å². The SMILES string of the molecule is CCCn1cc(C(NCC)c2c(F)cccc2Cl)cn1. The number of nitrogens with zero attached hydrogens (tertiary/aromatic N) is 2. The highest BCUT2D eigenvalue weighted by Gasteiger charge is 2.21. The van der Waals surface area contributed by atoms with Gasteiger partial charge in [-0.25, -0.2) is 4.39 Å². The molecule has 0 aliphatic rings. The van der Waals surface area contributed by atoms with E-state index in [2.05, 4.69) is 17.3 Å². The van der Waals surface area contributed by atoms with Crippen LogP contribution in [0.1, 0.15) is 37.4 Å². The number of nitrogens with one attached hydrogen (secondary N) is 1. The summed E-state index contributed by atoms with van der Waals surface area (Å²) in [5.41, 5.74) is 1.40. The standard InChI is InChI=1S/C15H19ClFN3/c1-3-8-20-10-11(9-19-20)15(18-4-2)14-12(16)6-5-7-13(14)17/h5-7,9-10,15,18H,3-4,8H2,1-2H3. The molecule has 2 aromatic rings. The highest BCUT2D eigenvalue weighted by atomic mass is 35.5. The van der Waals surface area contributed by atoms with Crippen LogP contribution in [-0.4, -0.2) is 16.3 Å². The predicted molar refractivity (Wildman–Crippen MR) is 79.4 cm³/mol. The zero-order valence-electron chi connectivity index (χ0n) is 11.7. The molecule has 0 amide bonds. The number of rotatable bonds is 6. The molecule has 1 heterocycles. The summed E-state index contributed by atoms with van der Waals surface area (Å²) in [4.78, 5) is 0. The average molecular weight is 296 g/mol. The van der Waals surface area contributed by atoms with Crippen molar-refractivity contribution in [2.75, 3.05) is 6.54 Å². The molecule has 3 nitrogen and oxygen atoms in total. The third-order valence-corrected chi connectivity index (χ3v) is 3.47. The van der Waals surface area contributed by atoms with Crippen molar-refractivity contribution in [2.45, 2.75) is 32.9 Å². The molecule has 1 aromatic carbocycles. The van der Waals surface area contributed by atoms with E-state index in [9.17, 15) is 4.39 Å². The fourth-order valence-corrected chi connectivity index (χ4v) is 2.53. The van der Waals surface area contributed by atoms with Crippen molar-refractivity contribution in [3.63, 3.8) is 0 Å². The molecule has 1 atom stereocenters. The molecule has 0 saturated heterocycles. The van der Waals surface area contributed by atoms with Crippen molar-refractivity contribution in [3.05, 3.63) is 52.6 Å². The first-order valence-corrected chi connectivity index (χ1v) is 7.24. The Labute approximate surface area is 123 Å². The van der Waals surface area contributed by atoms with Gasteiger partial charge in [-0.1, -0.05) is 31.5 Å². The van der Waals surface area contributed by atoms with Gasteiger partial charge in [0.2, 0.25) is 0 Å². The molecule has 0 bridgehead atoms. The Hall–Kier alpha value is -1.39. The van der Waals surface area contributed by atoms with E-state index in [1.54, 1.807) is 18.3 Å². The van der Waals surface area contributed by atoms with E-state index in [0.29, 0.717) is 17.1 Å². The van der Waals surface area contributed by atoms with Gasteiger partial charge < -0.3 is 5.32 Å². The van der Waals surface area contributed by atoms with E-state index in [-0.39, 0.29) is 11.9 Å². The van der Waals surface area contributed by atoms with Crippen LogP contribution in [0.5, 0.6) is 0 Å². The van der Waals surface area contributed by atoms with E-state index < -0.39 is 0 Å². The quantitative estimate of drug-likeness (QED) is 0.879. The van der Waals surface area contributed by atoms with Gasteiger partial charge in [-0.2, -0.15) is 5.10 Å². The molecule has 2 rings (SSSR count). The van der Waals surface area contributed by atoms with Crippen molar-refractivity contribution in [1.82, 2.24) is 15.1 Å². The lowest BCUT2D eigenvalue weighted by molar-refractivity contribution is 0.557. The molecule has 0 spiro atoms. The maximum absolute atomic E-state index is 14.1. The van der Waals surface area contributed by atoms with Gasteiger partial charge in [0, 0.05) is 28.9 Å². The van der Waals surface area contributed by atoms with E-state index >= 15 is 0 Å². The van der Waals surface area contributed by atoms with E-state index in [1.165, 1.54) is 6.07 Å². The van der Waals surface area contributed by atoms with Gasteiger partial charge in [-0.15, -0.1) is 0 Å². The number of hydrogen-bond acceptors (Lipinski definition) is 2. The molecule has 1 N–H and O–H groups in total. The van der Waals surface area contributed by atoms with E-state index in [1.807, 2.05) is 17.8 Å². The van der Waals surface area contributed by atoms with Crippen LogP contribution in [0.3, 0.4) is 0 Å². The summed E-state index contributed by atoms with van der Waals surface area (Å²) in [6.45, 7) is 5.65. The molecule has 5 heteroatoms. The molecule has 1 aromatic heterocycles. The fourth-order valence-electron chi connectivity index (χ4n) is 2.26. The van der Waals surface area contributed by atoms with Crippen LogP contribution in [0.15, 0.2) is 30.6 Å². The highest BCUT2D eigenvalue weighted by Crippen LogP contribution is 2.30. The zero-order chi connectivity index (χ0) is 14.5. The Morgan fingerprint density at radius 3 is 2.85 bits per heavy atom. The molecular weight excluding hydrogens is 277 g/mol. The summed E-state index contributed by atoms with van der Waals surface area (Å²) in [7, 11) is 0. The van der Waals surface area contributed by atoms with Gasteiger partial charge in [0.15, 0.2) is 0 Å². The summed E-state index contributed by atoms with van der Waals surface area (Å²) in [6.07, 6.45) is 4.72. The van der Waals surface area contributed by atoms with Crippen molar-refractivity contribution in [3.8, 4) is 0 Å². The summed E-state index contributed by atoms with van der Waals surface area (Å²) < 4.78 is 16.0. The zero-order valence-corrected chi connectivity index (χ0v) is 12.5. The summed E-state index contributed by atoms with van der Waals surface area (Å²) in [5.74, 6) is -0.299. The van der Waals surface area contributed by atoms with Gasteiger partial charge >= 0.3 is 0 Å². The van der Waals surface area contributed by atoms with Crippen LogP contribution in [-0.2, 0) is 6.54 Å². The second kappa shape index (κ2) is 6.86. The maximum atomic E-state index is 14.1. The van der Waals surface area contributed by atoms with Gasteiger partial charge in [0.05, 0.1) is 12.2 Å². The smallest absolute Gasteiger partial charge is 0.129 e. The van der Waals surface area contributed by atoms with Gasteiger partial charge in [0.25, 0.3) is 0 Å². The third kappa shape index (κ3) is 3.19. The lowest BCUT2D eigenvalue weighted by atomic mass is 10.0. The Morgan fingerprint density at radius 1 is 1.40 bits per heavy atom. The largest absolute Gasteiger partial charge is 0.306 e. The van der Waals surface area contributed by atoms with Gasteiger partial charge in [-0.3, -0.25) is 4.68 Å². The first-order valence-electron chi connectivity index (χ1n) is 6.87. The van der Waals surface area contributed by atoms with Crippen molar-refractivity contribution in [2.24, 2.45) is 0 Å². The van der Waals surface area contributed by atoms with Crippen LogP contribution in [0.25, 0.3) is 0 Å².